The van der Waals surface area contributed by atoms with E-state index >= 15 is 0 Å². The van der Waals surface area contributed by atoms with E-state index in [1.165, 1.54) is 6.20 Å². The SMILES string of the molecule is CCOC(=O)c1noc(C)c1C(=O)c1cccnc1. The minimum Gasteiger partial charge on any atom is -0.461 e. The largest absolute Gasteiger partial charge is 0.461 e. The molecule has 0 bridgehead atoms. The van der Waals surface area contributed by atoms with E-state index in [2.05, 4.69) is 10.1 Å². The zero-order chi connectivity index (χ0) is 13.8. The number of carbonyl (C=O) groups is 2. The number of rotatable bonds is 4. The molecule has 0 amide bonds. The summed E-state index contributed by atoms with van der Waals surface area (Å²) in [5.74, 6) is -0.765. The molecular weight excluding hydrogens is 248 g/mol. The number of esters is 1. The molecule has 0 N–H and O–H groups in total. The molecule has 0 radical (unpaired) electrons. The summed E-state index contributed by atoms with van der Waals surface area (Å²) in [7, 11) is 0. The van der Waals surface area contributed by atoms with Crippen LogP contribution in [0.25, 0.3) is 0 Å². The Morgan fingerprint density at radius 2 is 2.21 bits per heavy atom. The van der Waals surface area contributed by atoms with Gasteiger partial charge in [-0.15, -0.1) is 0 Å². The van der Waals surface area contributed by atoms with Crippen LogP contribution in [-0.2, 0) is 4.74 Å². The second-order valence-electron chi connectivity index (χ2n) is 3.75. The van der Waals surface area contributed by atoms with E-state index in [-0.39, 0.29) is 29.4 Å². The second-order valence-corrected chi connectivity index (χ2v) is 3.75. The minimum atomic E-state index is -0.674. The smallest absolute Gasteiger partial charge is 0.361 e. The van der Waals surface area contributed by atoms with Gasteiger partial charge < -0.3 is 9.26 Å². The van der Waals surface area contributed by atoms with Gasteiger partial charge in [-0.1, -0.05) is 5.16 Å². The van der Waals surface area contributed by atoms with E-state index in [1.807, 2.05) is 0 Å². The van der Waals surface area contributed by atoms with Crippen LogP contribution < -0.4 is 0 Å². The number of carbonyl (C=O) groups excluding carboxylic acids is 2. The van der Waals surface area contributed by atoms with Gasteiger partial charge in [0.15, 0.2) is 0 Å². The summed E-state index contributed by atoms with van der Waals surface area (Å²) in [6.07, 6.45) is 2.98. The van der Waals surface area contributed by atoms with Crippen molar-refractivity contribution < 1.29 is 18.8 Å². The molecule has 0 spiro atoms. The molecule has 19 heavy (non-hydrogen) atoms. The molecule has 2 rings (SSSR count). The van der Waals surface area contributed by atoms with Crippen molar-refractivity contribution in [2.24, 2.45) is 0 Å². The van der Waals surface area contributed by atoms with Crippen LogP contribution in [0.2, 0.25) is 0 Å². The first-order chi connectivity index (χ1) is 9.15. The Hall–Kier alpha value is -2.50. The van der Waals surface area contributed by atoms with Crippen molar-refractivity contribution in [1.29, 1.82) is 0 Å². The van der Waals surface area contributed by atoms with E-state index in [9.17, 15) is 9.59 Å². The van der Waals surface area contributed by atoms with Crippen LogP contribution in [0.5, 0.6) is 0 Å². The average Bonchev–Trinajstić information content (AvgIpc) is 2.81. The summed E-state index contributed by atoms with van der Waals surface area (Å²) in [5.41, 5.74) is 0.374. The lowest BCUT2D eigenvalue weighted by atomic mass is 10.0. The van der Waals surface area contributed by atoms with Gasteiger partial charge in [0.05, 0.1) is 6.61 Å². The van der Waals surface area contributed by atoms with Gasteiger partial charge in [0.25, 0.3) is 0 Å². The topological polar surface area (TPSA) is 82.3 Å². The fourth-order valence-electron chi connectivity index (χ4n) is 1.62. The van der Waals surface area contributed by atoms with E-state index in [0.717, 1.165) is 0 Å². The molecule has 0 saturated carbocycles. The second kappa shape index (κ2) is 5.43. The minimum absolute atomic E-state index is 0.104. The van der Waals surface area contributed by atoms with Gasteiger partial charge in [0, 0.05) is 18.0 Å². The van der Waals surface area contributed by atoms with Gasteiger partial charge >= 0.3 is 5.97 Å². The lowest BCUT2D eigenvalue weighted by Crippen LogP contribution is -2.12. The van der Waals surface area contributed by atoms with Crippen molar-refractivity contribution in [3.63, 3.8) is 0 Å². The van der Waals surface area contributed by atoms with Gasteiger partial charge in [0.1, 0.15) is 11.3 Å². The molecule has 6 heteroatoms. The highest BCUT2D eigenvalue weighted by molar-refractivity contribution is 6.14. The lowest BCUT2D eigenvalue weighted by molar-refractivity contribution is 0.0512. The molecule has 0 fully saturated rings. The van der Waals surface area contributed by atoms with Crippen molar-refractivity contribution in [3.8, 4) is 0 Å². The fraction of sp³-hybridized carbons (Fsp3) is 0.231. The van der Waals surface area contributed by atoms with Gasteiger partial charge in [-0.3, -0.25) is 9.78 Å². The standard InChI is InChI=1S/C13H12N2O4/c1-3-18-13(17)11-10(8(2)19-15-11)12(16)9-5-4-6-14-7-9/h4-7H,3H2,1-2H3. The zero-order valence-corrected chi connectivity index (χ0v) is 10.5. The Morgan fingerprint density at radius 3 is 2.84 bits per heavy atom. The Bertz CT molecular complexity index is 604. The maximum absolute atomic E-state index is 12.3. The van der Waals surface area contributed by atoms with Crippen LogP contribution in [0.15, 0.2) is 29.0 Å². The Kier molecular flexibility index (Phi) is 3.70. The van der Waals surface area contributed by atoms with Gasteiger partial charge in [0.2, 0.25) is 11.5 Å². The molecule has 0 aliphatic carbocycles. The van der Waals surface area contributed by atoms with Crippen LogP contribution in [0.3, 0.4) is 0 Å². The molecule has 0 aromatic carbocycles. The third-order valence-corrected chi connectivity index (χ3v) is 2.48. The summed E-state index contributed by atoms with van der Waals surface area (Å²) in [6.45, 7) is 3.44. The first-order valence-corrected chi connectivity index (χ1v) is 5.73. The van der Waals surface area contributed by atoms with E-state index < -0.39 is 5.97 Å². The summed E-state index contributed by atoms with van der Waals surface area (Å²) < 4.78 is 9.75. The van der Waals surface area contributed by atoms with Crippen LogP contribution >= 0.6 is 0 Å². The quantitative estimate of drug-likeness (QED) is 0.615. The normalized spacial score (nSPS) is 10.2. The molecule has 2 aromatic rings. The number of hydrogen-bond acceptors (Lipinski definition) is 6. The van der Waals surface area contributed by atoms with Crippen LogP contribution in [-0.4, -0.2) is 28.5 Å². The predicted molar refractivity (Wildman–Crippen MR) is 64.9 cm³/mol. The maximum atomic E-state index is 12.3. The third kappa shape index (κ3) is 2.52. The molecular formula is C13H12N2O4. The number of aromatic nitrogens is 2. The molecule has 0 atom stereocenters. The van der Waals surface area contributed by atoms with E-state index in [1.54, 1.807) is 32.2 Å². The molecule has 0 unspecified atom stereocenters. The Labute approximate surface area is 109 Å². The summed E-state index contributed by atoms with van der Waals surface area (Å²) in [5, 5.41) is 3.59. The summed E-state index contributed by atoms with van der Waals surface area (Å²) in [6, 6.07) is 3.25. The highest BCUT2D eigenvalue weighted by Crippen LogP contribution is 2.18. The number of pyridine rings is 1. The van der Waals surface area contributed by atoms with E-state index in [4.69, 9.17) is 9.26 Å². The number of ether oxygens (including phenoxy) is 1. The number of aryl methyl sites for hydroxylation is 1. The van der Waals surface area contributed by atoms with Crippen LogP contribution in [0.4, 0.5) is 0 Å². The van der Waals surface area contributed by atoms with Crippen molar-refractivity contribution >= 4 is 11.8 Å². The first kappa shape index (κ1) is 12.9. The van der Waals surface area contributed by atoms with E-state index in [0.29, 0.717) is 5.56 Å². The predicted octanol–water partition coefficient (Wildman–Crippen LogP) is 1.79. The van der Waals surface area contributed by atoms with Crippen molar-refractivity contribution in [3.05, 3.63) is 47.1 Å². The maximum Gasteiger partial charge on any atom is 0.361 e. The Morgan fingerprint density at radius 1 is 1.42 bits per heavy atom. The zero-order valence-electron chi connectivity index (χ0n) is 10.5. The highest BCUT2D eigenvalue weighted by Gasteiger charge is 2.27. The first-order valence-electron chi connectivity index (χ1n) is 5.73. The number of nitrogens with zero attached hydrogens (tertiary/aromatic N) is 2. The van der Waals surface area contributed by atoms with Crippen molar-refractivity contribution in [2.45, 2.75) is 13.8 Å². The van der Waals surface area contributed by atoms with Gasteiger partial charge in [-0.05, 0) is 26.0 Å². The highest BCUT2D eigenvalue weighted by atomic mass is 16.5. The Balaban J connectivity index is 2.42. The fourth-order valence-corrected chi connectivity index (χ4v) is 1.62. The molecule has 6 nitrogen and oxygen atoms in total. The molecule has 0 aliphatic heterocycles. The molecule has 2 aromatic heterocycles. The summed E-state index contributed by atoms with van der Waals surface area (Å²) in [4.78, 5) is 27.9. The molecule has 2 heterocycles. The lowest BCUT2D eigenvalue weighted by Gasteiger charge is -2.01. The van der Waals surface area contributed by atoms with Crippen molar-refractivity contribution in [1.82, 2.24) is 10.1 Å². The third-order valence-electron chi connectivity index (χ3n) is 2.48. The molecule has 0 aliphatic rings. The number of ketones is 1. The average molecular weight is 260 g/mol. The van der Waals surface area contributed by atoms with Gasteiger partial charge in [-0.25, -0.2) is 4.79 Å². The molecule has 0 saturated heterocycles. The molecule has 98 valence electrons. The van der Waals surface area contributed by atoms with Gasteiger partial charge in [-0.2, -0.15) is 0 Å². The number of hydrogen-bond donors (Lipinski definition) is 0. The van der Waals surface area contributed by atoms with Crippen LogP contribution in [0, 0.1) is 6.92 Å². The summed E-state index contributed by atoms with van der Waals surface area (Å²) >= 11 is 0. The monoisotopic (exact) mass is 260 g/mol. The van der Waals surface area contributed by atoms with Crippen molar-refractivity contribution in [2.75, 3.05) is 6.61 Å². The van der Waals surface area contributed by atoms with Crippen LogP contribution in [0.1, 0.15) is 39.1 Å².